The Morgan fingerprint density at radius 2 is 2.07 bits per heavy atom. The molecule has 3 nitrogen and oxygen atoms in total. The van der Waals surface area contributed by atoms with Gasteiger partial charge in [-0.3, -0.25) is 0 Å². The summed E-state index contributed by atoms with van der Waals surface area (Å²) in [5.41, 5.74) is 2.14. The average Bonchev–Trinajstić information content (AvgIpc) is 2.39. The number of fused-ring (bicyclic) bond motifs is 1. The van der Waals surface area contributed by atoms with Gasteiger partial charge >= 0.3 is 0 Å². The van der Waals surface area contributed by atoms with Crippen molar-refractivity contribution in [3.05, 3.63) is 34.7 Å². The Balaban J connectivity index is 2.67. The number of aryl methyl sites for hydroxylation is 1. The highest BCUT2D eigenvalue weighted by Crippen LogP contribution is 2.35. The van der Waals surface area contributed by atoms with Gasteiger partial charge in [-0.1, -0.05) is 12.1 Å². The van der Waals surface area contributed by atoms with Gasteiger partial charge in [0.05, 0.1) is 4.90 Å². The molecule has 2 rings (SSSR count). The quantitative estimate of drug-likeness (QED) is 0.716. The second kappa shape index (κ2) is 3.31. The van der Waals surface area contributed by atoms with Crippen molar-refractivity contribution in [2.24, 2.45) is 0 Å². The Morgan fingerprint density at radius 3 is 2.73 bits per heavy atom. The van der Waals surface area contributed by atoms with Crippen LogP contribution in [0, 0.1) is 6.92 Å². The van der Waals surface area contributed by atoms with E-state index >= 15 is 0 Å². The van der Waals surface area contributed by atoms with Gasteiger partial charge < -0.3 is 4.79 Å². The minimum Gasteiger partial charge on any atom is -0.303 e. The third-order valence-electron chi connectivity index (χ3n) is 2.39. The number of allylic oxidation sites excluding steroid dienone is 1. The third-order valence-corrected chi connectivity index (χ3v) is 3.94. The molecule has 4 heteroatoms. The van der Waals surface area contributed by atoms with Gasteiger partial charge in [0.25, 0.3) is 0 Å². The molecule has 15 heavy (non-hydrogen) atoms. The van der Waals surface area contributed by atoms with Crippen LogP contribution in [0.1, 0.15) is 17.5 Å². The molecule has 0 aromatic heterocycles. The number of carbonyl (C=O) groups is 1. The molecule has 1 heterocycles. The molecular formula is C11H10O3S. The molecule has 0 saturated heterocycles. The van der Waals surface area contributed by atoms with Crippen LogP contribution in [0.4, 0.5) is 0 Å². The first kappa shape index (κ1) is 10.1. The zero-order valence-electron chi connectivity index (χ0n) is 8.23. The van der Waals surface area contributed by atoms with Gasteiger partial charge in [-0.15, -0.1) is 0 Å². The SMILES string of the molecule is Cc1ccc2c(c1)S(=O)(=O)C=C2CC=O. The number of carbonyl (C=O) groups excluding carboxylic acids is 1. The number of rotatable bonds is 2. The summed E-state index contributed by atoms with van der Waals surface area (Å²) >= 11 is 0. The molecule has 0 fully saturated rings. The lowest BCUT2D eigenvalue weighted by Crippen LogP contribution is -1.93. The molecular weight excluding hydrogens is 212 g/mol. The molecule has 0 unspecified atom stereocenters. The Bertz CT molecular complexity index is 553. The highest BCUT2D eigenvalue weighted by atomic mass is 32.2. The van der Waals surface area contributed by atoms with Crippen molar-refractivity contribution in [1.29, 1.82) is 0 Å². The van der Waals surface area contributed by atoms with E-state index < -0.39 is 9.84 Å². The second-order valence-corrected chi connectivity index (χ2v) is 5.32. The van der Waals surface area contributed by atoms with E-state index in [0.29, 0.717) is 16.0 Å². The normalized spacial score (nSPS) is 17.0. The number of benzene rings is 1. The fourth-order valence-electron chi connectivity index (χ4n) is 1.69. The third kappa shape index (κ3) is 1.61. The van der Waals surface area contributed by atoms with Crippen molar-refractivity contribution >= 4 is 21.7 Å². The number of aldehydes is 1. The Morgan fingerprint density at radius 1 is 1.33 bits per heavy atom. The second-order valence-electron chi connectivity index (χ2n) is 3.56. The molecule has 0 atom stereocenters. The van der Waals surface area contributed by atoms with Crippen LogP contribution in [0.25, 0.3) is 5.57 Å². The number of hydrogen-bond acceptors (Lipinski definition) is 3. The van der Waals surface area contributed by atoms with Gasteiger partial charge in [-0.05, 0) is 29.7 Å². The molecule has 0 N–H and O–H groups in total. The fraction of sp³-hybridized carbons (Fsp3) is 0.182. The van der Waals surface area contributed by atoms with Crippen LogP contribution in [-0.4, -0.2) is 14.7 Å². The van der Waals surface area contributed by atoms with Crippen molar-refractivity contribution in [3.8, 4) is 0 Å². The van der Waals surface area contributed by atoms with Crippen molar-refractivity contribution < 1.29 is 13.2 Å². The first-order valence-electron chi connectivity index (χ1n) is 4.55. The smallest absolute Gasteiger partial charge is 0.200 e. The summed E-state index contributed by atoms with van der Waals surface area (Å²) in [7, 11) is -3.32. The lowest BCUT2D eigenvalue weighted by atomic mass is 10.0. The Labute approximate surface area is 88.3 Å². The lowest BCUT2D eigenvalue weighted by Gasteiger charge is -2.01. The van der Waals surface area contributed by atoms with Crippen molar-refractivity contribution in [1.82, 2.24) is 0 Å². The van der Waals surface area contributed by atoms with E-state index in [0.717, 1.165) is 11.8 Å². The molecule has 0 bridgehead atoms. The summed E-state index contributed by atoms with van der Waals surface area (Å²) in [6.07, 6.45) is 0.867. The maximum Gasteiger partial charge on any atom is 0.200 e. The Hall–Kier alpha value is -1.42. The molecule has 0 spiro atoms. The van der Waals surface area contributed by atoms with Gasteiger partial charge in [0.15, 0.2) is 0 Å². The van der Waals surface area contributed by atoms with Gasteiger partial charge in [-0.25, -0.2) is 8.42 Å². The molecule has 0 radical (unpaired) electrons. The van der Waals surface area contributed by atoms with Crippen molar-refractivity contribution in [2.75, 3.05) is 0 Å². The van der Waals surface area contributed by atoms with Crippen LogP contribution >= 0.6 is 0 Å². The minimum absolute atomic E-state index is 0.148. The highest BCUT2D eigenvalue weighted by molar-refractivity contribution is 7.95. The largest absolute Gasteiger partial charge is 0.303 e. The predicted molar refractivity (Wildman–Crippen MR) is 57.0 cm³/mol. The van der Waals surface area contributed by atoms with Gasteiger partial charge in [-0.2, -0.15) is 0 Å². The summed E-state index contributed by atoms with van der Waals surface area (Å²) in [6.45, 7) is 1.84. The van der Waals surface area contributed by atoms with Crippen LogP contribution in [0.2, 0.25) is 0 Å². The predicted octanol–water partition coefficient (Wildman–Crippen LogP) is 1.71. The monoisotopic (exact) mass is 222 g/mol. The van der Waals surface area contributed by atoms with E-state index in [2.05, 4.69) is 0 Å². The van der Waals surface area contributed by atoms with E-state index in [1.165, 1.54) is 5.41 Å². The molecule has 1 aromatic carbocycles. The van der Waals surface area contributed by atoms with Crippen LogP contribution < -0.4 is 0 Å². The van der Waals surface area contributed by atoms with Crippen molar-refractivity contribution in [2.45, 2.75) is 18.2 Å². The molecule has 0 aliphatic carbocycles. The lowest BCUT2D eigenvalue weighted by molar-refractivity contribution is -0.107. The number of hydrogen-bond donors (Lipinski definition) is 0. The maximum atomic E-state index is 11.7. The van der Waals surface area contributed by atoms with E-state index in [-0.39, 0.29) is 6.42 Å². The topological polar surface area (TPSA) is 51.2 Å². The maximum absolute atomic E-state index is 11.7. The van der Waals surface area contributed by atoms with Gasteiger partial charge in [0.2, 0.25) is 9.84 Å². The van der Waals surface area contributed by atoms with Crippen LogP contribution in [0.3, 0.4) is 0 Å². The molecule has 0 amide bonds. The first-order valence-corrected chi connectivity index (χ1v) is 6.09. The molecule has 78 valence electrons. The molecule has 1 aliphatic rings. The van der Waals surface area contributed by atoms with E-state index in [1.54, 1.807) is 12.1 Å². The Kier molecular flexibility index (Phi) is 2.23. The summed E-state index contributed by atoms with van der Waals surface area (Å²) < 4.78 is 23.4. The van der Waals surface area contributed by atoms with Crippen molar-refractivity contribution in [3.63, 3.8) is 0 Å². The average molecular weight is 222 g/mol. The summed E-state index contributed by atoms with van der Waals surface area (Å²) in [6, 6.07) is 5.24. The zero-order chi connectivity index (χ0) is 11.1. The highest BCUT2D eigenvalue weighted by Gasteiger charge is 2.26. The molecule has 1 aromatic rings. The fourth-order valence-corrected chi connectivity index (χ4v) is 3.27. The minimum atomic E-state index is -3.32. The van der Waals surface area contributed by atoms with Crippen LogP contribution in [0.5, 0.6) is 0 Å². The standard InChI is InChI=1S/C11H10O3S/c1-8-2-3-10-9(4-5-12)7-15(13,14)11(10)6-8/h2-3,5-7H,4H2,1H3. The number of sulfone groups is 1. The van der Waals surface area contributed by atoms with Crippen LogP contribution in [-0.2, 0) is 14.6 Å². The first-order chi connectivity index (χ1) is 7.04. The van der Waals surface area contributed by atoms with Gasteiger partial charge in [0.1, 0.15) is 6.29 Å². The summed E-state index contributed by atoms with van der Waals surface area (Å²) in [5, 5.41) is 1.19. The van der Waals surface area contributed by atoms with E-state index in [4.69, 9.17) is 0 Å². The molecule has 0 saturated carbocycles. The summed E-state index contributed by atoms with van der Waals surface area (Å²) in [5.74, 6) is 0. The van der Waals surface area contributed by atoms with Gasteiger partial charge in [0, 0.05) is 11.8 Å². The van der Waals surface area contributed by atoms with Crippen LogP contribution in [0.15, 0.2) is 28.5 Å². The zero-order valence-corrected chi connectivity index (χ0v) is 9.04. The summed E-state index contributed by atoms with van der Waals surface area (Å²) in [4.78, 5) is 10.7. The van der Waals surface area contributed by atoms with E-state index in [1.807, 2.05) is 13.0 Å². The van der Waals surface area contributed by atoms with E-state index in [9.17, 15) is 13.2 Å². The molecule has 1 aliphatic heterocycles.